The molecule has 0 aliphatic heterocycles. The molecule has 2 aromatic carbocycles. The predicted octanol–water partition coefficient (Wildman–Crippen LogP) is 5.49. The first kappa shape index (κ1) is 22.3. The summed E-state index contributed by atoms with van der Waals surface area (Å²) < 4.78 is 11.1. The van der Waals surface area contributed by atoms with Crippen LogP contribution in [0.25, 0.3) is 10.2 Å². The summed E-state index contributed by atoms with van der Waals surface area (Å²) in [5.41, 5.74) is 1.25. The van der Waals surface area contributed by atoms with Crippen LogP contribution in [-0.2, 0) is 20.9 Å². The highest BCUT2D eigenvalue weighted by Gasteiger charge is 2.21. The van der Waals surface area contributed by atoms with Crippen LogP contribution >= 0.6 is 34.5 Å². The van der Waals surface area contributed by atoms with Gasteiger partial charge in [-0.2, -0.15) is 0 Å². The number of carbonyl (C=O) groups excluding carboxylic acids is 2. The lowest BCUT2D eigenvalue weighted by Crippen LogP contribution is -2.30. The SMILES string of the molecule is CCOC(=O)CCC(=O)N(Cc1nc2c(Cl)c(Cl)ccc2s1)c1cccc(OC)c1. The zero-order valence-electron chi connectivity index (χ0n) is 16.5. The number of fused-ring (bicyclic) bond motifs is 1. The number of amides is 1. The van der Waals surface area contributed by atoms with Crippen LogP contribution in [0.2, 0.25) is 10.0 Å². The van der Waals surface area contributed by atoms with Gasteiger partial charge in [-0.25, -0.2) is 4.98 Å². The number of hydrogen-bond donors (Lipinski definition) is 0. The summed E-state index contributed by atoms with van der Waals surface area (Å²) in [5.74, 6) is -0.00707. The second kappa shape index (κ2) is 10.1. The Kier molecular flexibility index (Phi) is 7.53. The fourth-order valence-corrected chi connectivity index (χ4v) is 4.25. The minimum Gasteiger partial charge on any atom is -0.497 e. The molecule has 3 aromatic rings. The standard InChI is InChI=1S/C21H20Cl2N2O4S/c1-3-29-19(27)10-9-18(26)25(13-5-4-6-14(11-13)28-2)12-17-24-21-16(30-17)8-7-15(22)20(21)23/h4-8,11H,3,9-10,12H2,1-2H3. The maximum atomic E-state index is 13.0. The number of thiazole rings is 1. The van der Waals surface area contributed by atoms with Gasteiger partial charge in [0, 0.05) is 18.2 Å². The first-order chi connectivity index (χ1) is 14.4. The van der Waals surface area contributed by atoms with Crippen molar-refractivity contribution in [2.75, 3.05) is 18.6 Å². The monoisotopic (exact) mass is 466 g/mol. The number of aromatic nitrogens is 1. The van der Waals surface area contributed by atoms with Crippen LogP contribution in [0.1, 0.15) is 24.8 Å². The summed E-state index contributed by atoms with van der Waals surface area (Å²) in [4.78, 5) is 30.9. The highest BCUT2D eigenvalue weighted by atomic mass is 35.5. The van der Waals surface area contributed by atoms with Crippen LogP contribution in [0, 0.1) is 0 Å². The molecular weight excluding hydrogens is 447 g/mol. The van der Waals surface area contributed by atoms with Crippen molar-refractivity contribution in [2.45, 2.75) is 26.3 Å². The second-order valence-corrected chi connectivity index (χ2v) is 8.20. The van der Waals surface area contributed by atoms with E-state index in [2.05, 4.69) is 4.98 Å². The molecule has 30 heavy (non-hydrogen) atoms. The maximum absolute atomic E-state index is 13.0. The minimum atomic E-state index is -0.405. The van der Waals surface area contributed by atoms with Crippen molar-refractivity contribution >= 4 is 62.3 Å². The van der Waals surface area contributed by atoms with Crippen molar-refractivity contribution < 1.29 is 19.1 Å². The summed E-state index contributed by atoms with van der Waals surface area (Å²) in [5, 5.41) is 1.51. The van der Waals surface area contributed by atoms with E-state index in [1.807, 2.05) is 12.1 Å². The predicted molar refractivity (Wildman–Crippen MR) is 120 cm³/mol. The Hall–Kier alpha value is -2.35. The van der Waals surface area contributed by atoms with Crippen molar-refractivity contribution in [3.05, 3.63) is 51.5 Å². The van der Waals surface area contributed by atoms with Crippen molar-refractivity contribution in [3.63, 3.8) is 0 Å². The van der Waals surface area contributed by atoms with Crippen molar-refractivity contribution in [1.82, 2.24) is 4.98 Å². The molecule has 0 N–H and O–H groups in total. The minimum absolute atomic E-state index is 0.00836. The van der Waals surface area contributed by atoms with Crippen LogP contribution in [0.3, 0.4) is 0 Å². The van der Waals surface area contributed by atoms with Crippen LogP contribution in [0.15, 0.2) is 36.4 Å². The van der Waals surface area contributed by atoms with Gasteiger partial charge in [0.2, 0.25) is 5.91 Å². The molecule has 3 rings (SSSR count). The molecule has 0 saturated carbocycles. The fraction of sp³-hybridized carbons (Fsp3) is 0.286. The molecule has 0 saturated heterocycles. The van der Waals surface area contributed by atoms with E-state index in [0.29, 0.717) is 32.0 Å². The van der Waals surface area contributed by atoms with E-state index in [-0.39, 0.29) is 31.9 Å². The molecule has 0 bridgehead atoms. The third kappa shape index (κ3) is 5.22. The largest absolute Gasteiger partial charge is 0.497 e. The van der Waals surface area contributed by atoms with Crippen molar-refractivity contribution in [1.29, 1.82) is 0 Å². The van der Waals surface area contributed by atoms with Gasteiger partial charge in [-0.3, -0.25) is 9.59 Å². The number of nitrogens with zero attached hydrogens (tertiary/aromatic N) is 2. The number of esters is 1. The van der Waals surface area contributed by atoms with Gasteiger partial charge in [0.1, 0.15) is 16.3 Å². The average molecular weight is 467 g/mol. The van der Waals surface area contributed by atoms with Gasteiger partial charge in [0.05, 0.1) is 41.4 Å². The number of benzene rings is 2. The van der Waals surface area contributed by atoms with Gasteiger partial charge in [0.25, 0.3) is 0 Å². The van der Waals surface area contributed by atoms with E-state index in [0.717, 1.165) is 4.70 Å². The van der Waals surface area contributed by atoms with Gasteiger partial charge < -0.3 is 14.4 Å². The lowest BCUT2D eigenvalue weighted by molar-refractivity contribution is -0.144. The molecule has 0 unspecified atom stereocenters. The first-order valence-corrected chi connectivity index (χ1v) is 10.8. The van der Waals surface area contributed by atoms with Gasteiger partial charge in [-0.1, -0.05) is 29.3 Å². The average Bonchev–Trinajstić information content (AvgIpc) is 3.17. The summed E-state index contributed by atoms with van der Waals surface area (Å²) in [6.07, 6.45) is 0.0297. The van der Waals surface area contributed by atoms with Gasteiger partial charge in [-0.15, -0.1) is 11.3 Å². The third-order valence-corrected chi connectivity index (χ3v) is 6.10. The molecule has 6 nitrogen and oxygen atoms in total. The third-order valence-electron chi connectivity index (χ3n) is 4.30. The van der Waals surface area contributed by atoms with Crippen LogP contribution in [0.5, 0.6) is 5.75 Å². The zero-order chi connectivity index (χ0) is 21.7. The molecule has 0 atom stereocenters. The Balaban J connectivity index is 1.89. The van der Waals surface area contributed by atoms with E-state index in [1.54, 1.807) is 43.2 Å². The molecule has 1 heterocycles. The zero-order valence-corrected chi connectivity index (χ0v) is 18.8. The van der Waals surface area contributed by atoms with Crippen LogP contribution < -0.4 is 9.64 Å². The first-order valence-electron chi connectivity index (χ1n) is 9.26. The molecular formula is C21H20Cl2N2O4S. The lowest BCUT2D eigenvalue weighted by atomic mass is 10.2. The molecule has 0 fully saturated rings. The van der Waals surface area contributed by atoms with E-state index >= 15 is 0 Å². The number of ether oxygens (including phenoxy) is 2. The smallest absolute Gasteiger partial charge is 0.306 e. The fourth-order valence-electron chi connectivity index (χ4n) is 2.87. The number of halogens is 2. The quantitative estimate of drug-likeness (QED) is 0.410. The molecule has 9 heteroatoms. The molecule has 1 aromatic heterocycles. The van der Waals surface area contributed by atoms with Crippen LogP contribution in [-0.4, -0.2) is 30.6 Å². The van der Waals surface area contributed by atoms with Crippen LogP contribution in [0.4, 0.5) is 5.69 Å². The van der Waals surface area contributed by atoms with Gasteiger partial charge >= 0.3 is 5.97 Å². The molecule has 0 spiro atoms. The highest BCUT2D eigenvalue weighted by Crippen LogP contribution is 2.34. The maximum Gasteiger partial charge on any atom is 0.306 e. The van der Waals surface area contributed by atoms with E-state index in [1.165, 1.54) is 11.3 Å². The number of rotatable bonds is 8. The van der Waals surface area contributed by atoms with E-state index < -0.39 is 5.97 Å². The second-order valence-electron chi connectivity index (χ2n) is 6.30. The molecule has 1 amide bonds. The van der Waals surface area contributed by atoms with Crippen molar-refractivity contribution in [2.24, 2.45) is 0 Å². The topological polar surface area (TPSA) is 68.7 Å². The number of anilines is 1. The summed E-state index contributed by atoms with van der Waals surface area (Å²) >= 11 is 13.8. The Labute approximate surface area is 188 Å². The number of hydrogen-bond acceptors (Lipinski definition) is 6. The van der Waals surface area contributed by atoms with E-state index in [9.17, 15) is 9.59 Å². The summed E-state index contributed by atoms with van der Waals surface area (Å²) in [6, 6.07) is 10.7. The Morgan fingerprint density at radius 3 is 2.70 bits per heavy atom. The van der Waals surface area contributed by atoms with Gasteiger partial charge in [-0.05, 0) is 31.2 Å². The Morgan fingerprint density at radius 2 is 1.97 bits per heavy atom. The van der Waals surface area contributed by atoms with Gasteiger partial charge in [0.15, 0.2) is 0 Å². The Bertz CT molecular complexity index is 1070. The summed E-state index contributed by atoms with van der Waals surface area (Å²) in [6.45, 7) is 2.23. The normalized spacial score (nSPS) is 10.8. The molecule has 0 radical (unpaired) electrons. The molecule has 0 aliphatic rings. The lowest BCUT2D eigenvalue weighted by Gasteiger charge is -2.22. The number of methoxy groups -OCH3 is 1. The number of carbonyl (C=O) groups is 2. The highest BCUT2D eigenvalue weighted by molar-refractivity contribution is 7.18. The van der Waals surface area contributed by atoms with E-state index in [4.69, 9.17) is 32.7 Å². The molecule has 158 valence electrons. The Morgan fingerprint density at radius 1 is 1.17 bits per heavy atom. The van der Waals surface area contributed by atoms with Crippen molar-refractivity contribution in [3.8, 4) is 5.75 Å². The molecule has 0 aliphatic carbocycles. The summed E-state index contributed by atoms with van der Waals surface area (Å²) in [7, 11) is 1.56.